The van der Waals surface area contributed by atoms with Crippen LogP contribution in [-0.2, 0) is 4.79 Å². The van der Waals surface area contributed by atoms with Crippen LogP contribution >= 0.6 is 0 Å². The highest BCUT2D eigenvalue weighted by atomic mass is 19.1. The number of benzene rings is 3. The molecular weight excluding hydrogens is 449 g/mol. The summed E-state index contributed by atoms with van der Waals surface area (Å²) in [6, 6.07) is 17.8. The molecule has 182 valence electrons. The van der Waals surface area contributed by atoms with Crippen LogP contribution in [0.3, 0.4) is 0 Å². The van der Waals surface area contributed by atoms with E-state index >= 15 is 0 Å². The number of rotatable bonds is 9. The minimum absolute atomic E-state index is 0.196. The predicted octanol–water partition coefficient (Wildman–Crippen LogP) is 4.87. The van der Waals surface area contributed by atoms with Crippen LogP contribution in [0.5, 0.6) is 5.75 Å². The van der Waals surface area contributed by atoms with E-state index in [-0.39, 0.29) is 17.4 Å². The number of hydrogen-bond donors (Lipinski definition) is 3. The molecule has 3 aromatic carbocycles. The third-order valence-corrected chi connectivity index (χ3v) is 5.18. The van der Waals surface area contributed by atoms with E-state index in [1.165, 1.54) is 24.3 Å². The molecule has 0 aliphatic heterocycles. The lowest BCUT2D eigenvalue weighted by Gasteiger charge is -2.22. The summed E-state index contributed by atoms with van der Waals surface area (Å²) in [6.45, 7) is 6.08. The minimum atomic E-state index is -0.810. The molecule has 35 heavy (non-hydrogen) atoms. The topological polar surface area (TPSA) is 96.5 Å². The number of anilines is 2. The standard InChI is InChI=1S/C27H28FN3O4/c1-4-35-23-15-13-22(14-16-23)29-25(32)19-7-11-21(12-8-19)30-27(34)24(17(2)3)31-26(33)18-5-9-20(28)10-6-18/h5-17,24H,4H2,1-3H3,(H,29,32)(H,30,34)(H,31,33). The Kier molecular flexibility index (Phi) is 8.56. The monoisotopic (exact) mass is 477 g/mol. The van der Waals surface area contributed by atoms with Crippen LogP contribution in [0.2, 0.25) is 0 Å². The van der Waals surface area contributed by atoms with E-state index in [4.69, 9.17) is 4.74 Å². The van der Waals surface area contributed by atoms with Crippen molar-refractivity contribution in [3.05, 3.63) is 89.7 Å². The average molecular weight is 478 g/mol. The molecule has 0 heterocycles. The second kappa shape index (κ2) is 11.8. The molecule has 3 rings (SSSR count). The van der Waals surface area contributed by atoms with Gasteiger partial charge in [-0.05, 0) is 85.6 Å². The van der Waals surface area contributed by atoms with E-state index in [1.807, 2.05) is 20.8 Å². The number of nitrogens with one attached hydrogen (secondary N) is 3. The van der Waals surface area contributed by atoms with Crippen LogP contribution in [0.1, 0.15) is 41.5 Å². The number of carbonyl (C=O) groups is 3. The first-order chi connectivity index (χ1) is 16.8. The van der Waals surface area contributed by atoms with Gasteiger partial charge in [-0.25, -0.2) is 4.39 Å². The van der Waals surface area contributed by atoms with Gasteiger partial charge in [-0.3, -0.25) is 14.4 Å². The highest BCUT2D eigenvalue weighted by Crippen LogP contribution is 2.18. The molecule has 3 aromatic rings. The second-order valence-corrected chi connectivity index (χ2v) is 8.18. The zero-order valence-electron chi connectivity index (χ0n) is 19.8. The van der Waals surface area contributed by atoms with Gasteiger partial charge in [0.15, 0.2) is 0 Å². The molecule has 0 aliphatic carbocycles. The second-order valence-electron chi connectivity index (χ2n) is 8.18. The molecular formula is C27H28FN3O4. The molecule has 0 bridgehead atoms. The summed E-state index contributed by atoms with van der Waals surface area (Å²) in [5, 5.41) is 8.27. The smallest absolute Gasteiger partial charge is 0.255 e. The van der Waals surface area contributed by atoms with Crippen molar-refractivity contribution in [3.63, 3.8) is 0 Å². The van der Waals surface area contributed by atoms with Crippen LogP contribution in [0.4, 0.5) is 15.8 Å². The predicted molar refractivity (Wildman–Crippen MR) is 133 cm³/mol. The molecule has 1 atom stereocenters. The average Bonchev–Trinajstić information content (AvgIpc) is 2.84. The Bertz CT molecular complexity index is 1160. The Morgan fingerprint density at radius 2 is 1.29 bits per heavy atom. The summed E-state index contributed by atoms with van der Waals surface area (Å²) in [5.41, 5.74) is 1.79. The van der Waals surface area contributed by atoms with Gasteiger partial charge >= 0.3 is 0 Å². The van der Waals surface area contributed by atoms with Crippen LogP contribution in [0, 0.1) is 11.7 Å². The number of carbonyl (C=O) groups excluding carboxylic acids is 3. The molecule has 0 aliphatic rings. The zero-order chi connectivity index (χ0) is 25.4. The van der Waals surface area contributed by atoms with Crippen molar-refractivity contribution in [2.75, 3.05) is 17.2 Å². The highest BCUT2D eigenvalue weighted by molar-refractivity contribution is 6.05. The third kappa shape index (κ3) is 7.14. The van der Waals surface area contributed by atoms with Crippen molar-refractivity contribution in [1.82, 2.24) is 5.32 Å². The first-order valence-corrected chi connectivity index (χ1v) is 11.3. The Hall–Kier alpha value is -4.20. The maximum Gasteiger partial charge on any atom is 0.255 e. The number of ether oxygens (including phenoxy) is 1. The van der Waals surface area contributed by atoms with E-state index in [0.717, 1.165) is 5.75 Å². The fraction of sp³-hybridized carbons (Fsp3) is 0.222. The minimum Gasteiger partial charge on any atom is -0.494 e. The lowest BCUT2D eigenvalue weighted by atomic mass is 10.0. The Morgan fingerprint density at radius 3 is 1.86 bits per heavy atom. The van der Waals surface area contributed by atoms with Crippen molar-refractivity contribution in [3.8, 4) is 5.75 Å². The first kappa shape index (κ1) is 25.4. The summed E-state index contributed by atoms with van der Waals surface area (Å²) < 4.78 is 18.5. The molecule has 0 radical (unpaired) electrons. The van der Waals surface area contributed by atoms with Crippen LogP contribution in [0.25, 0.3) is 0 Å². The molecule has 0 spiro atoms. The van der Waals surface area contributed by atoms with E-state index in [0.29, 0.717) is 23.5 Å². The van der Waals surface area contributed by atoms with E-state index in [1.54, 1.807) is 48.5 Å². The maximum atomic E-state index is 13.1. The Morgan fingerprint density at radius 1 is 0.771 bits per heavy atom. The molecule has 0 saturated heterocycles. The van der Waals surface area contributed by atoms with Gasteiger partial charge in [0.25, 0.3) is 11.8 Å². The van der Waals surface area contributed by atoms with Gasteiger partial charge in [0.1, 0.15) is 17.6 Å². The molecule has 0 fully saturated rings. The van der Waals surface area contributed by atoms with Crippen molar-refractivity contribution in [2.24, 2.45) is 5.92 Å². The summed E-state index contributed by atoms with van der Waals surface area (Å²) in [4.78, 5) is 37.8. The number of halogens is 1. The Labute approximate surface area is 203 Å². The van der Waals surface area contributed by atoms with Crippen LogP contribution in [-0.4, -0.2) is 30.4 Å². The van der Waals surface area contributed by atoms with Gasteiger partial charge in [0.05, 0.1) is 6.61 Å². The van der Waals surface area contributed by atoms with Crippen molar-refractivity contribution in [2.45, 2.75) is 26.8 Å². The lowest BCUT2D eigenvalue weighted by Crippen LogP contribution is -2.47. The fourth-order valence-electron chi connectivity index (χ4n) is 3.29. The van der Waals surface area contributed by atoms with Crippen LogP contribution < -0.4 is 20.7 Å². The highest BCUT2D eigenvalue weighted by Gasteiger charge is 2.25. The van der Waals surface area contributed by atoms with Crippen LogP contribution in [0.15, 0.2) is 72.8 Å². The molecule has 3 amide bonds. The van der Waals surface area contributed by atoms with E-state index in [2.05, 4.69) is 16.0 Å². The van der Waals surface area contributed by atoms with Gasteiger partial charge in [-0.15, -0.1) is 0 Å². The summed E-state index contributed by atoms with van der Waals surface area (Å²) in [5.74, 6) is -1.09. The molecule has 8 heteroatoms. The van der Waals surface area contributed by atoms with Gasteiger partial charge in [-0.1, -0.05) is 13.8 Å². The molecule has 0 saturated carbocycles. The van der Waals surface area contributed by atoms with Gasteiger partial charge < -0.3 is 20.7 Å². The van der Waals surface area contributed by atoms with E-state index < -0.39 is 23.7 Å². The SMILES string of the molecule is CCOc1ccc(NC(=O)c2ccc(NC(=O)C(NC(=O)c3ccc(F)cc3)C(C)C)cc2)cc1. The summed E-state index contributed by atoms with van der Waals surface area (Å²) >= 11 is 0. The van der Waals surface area contributed by atoms with Crippen molar-refractivity contribution < 1.29 is 23.5 Å². The molecule has 3 N–H and O–H groups in total. The zero-order valence-corrected chi connectivity index (χ0v) is 19.8. The largest absolute Gasteiger partial charge is 0.494 e. The summed E-state index contributed by atoms with van der Waals surface area (Å²) in [7, 11) is 0. The molecule has 1 unspecified atom stereocenters. The lowest BCUT2D eigenvalue weighted by molar-refractivity contribution is -0.118. The Balaban J connectivity index is 1.60. The molecule has 7 nitrogen and oxygen atoms in total. The summed E-state index contributed by atoms with van der Waals surface area (Å²) in [6.07, 6.45) is 0. The third-order valence-electron chi connectivity index (χ3n) is 5.18. The quantitative estimate of drug-likeness (QED) is 0.410. The van der Waals surface area contributed by atoms with Crippen molar-refractivity contribution >= 4 is 29.1 Å². The number of amides is 3. The molecule has 0 aromatic heterocycles. The normalized spacial score (nSPS) is 11.5. The van der Waals surface area contributed by atoms with E-state index in [9.17, 15) is 18.8 Å². The van der Waals surface area contributed by atoms with Crippen molar-refractivity contribution in [1.29, 1.82) is 0 Å². The first-order valence-electron chi connectivity index (χ1n) is 11.3. The maximum absolute atomic E-state index is 13.1. The number of hydrogen-bond acceptors (Lipinski definition) is 4. The fourth-order valence-corrected chi connectivity index (χ4v) is 3.29. The van der Waals surface area contributed by atoms with Gasteiger partial charge in [0, 0.05) is 22.5 Å². The van der Waals surface area contributed by atoms with Gasteiger partial charge in [0.2, 0.25) is 5.91 Å². The van der Waals surface area contributed by atoms with Gasteiger partial charge in [-0.2, -0.15) is 0 Å².